The average Bonchev–Trinajstić information content (AvgIpc) is 2.90. The molecule has 0 radical (unpaired) electrons. The first-order chi connectivity index (χ1) is 9.08. The molecule has 0 amide bonds. The molecule has 0 unspecified atom stereocenters. The molecule has 0 saturated carbocycles. The Kier molecular flexibility index (Phi) is 3.87. The van der Waals surface area contributed by atoms with Gasteiger partial charge in [-0.25, -0.2) is 4.79 Å². The van der Waals surface area contributed by atoms with Crippen LogP contribution in [0.25, 0.3) is 0 Å². The van der Waals surface area contributed by atoms with Gasteiger partial charge in [-0.1, -0.05) is 11.6 Å². The number of ketones is 1. The summed E-state index contributed by atoms with van der Waals surface area (Å²) >= 11 is 5.83. The summed E-state index contributed by atoms with van der Waals surface area (Å²) in [6, 6.07) is 7.45. The second-order valence-corrected chi connectivity index (χ2v) is 4.07. The third kappa shape index (κ3) is 3.14. The maximum absolute atomic E-state index is 12.1. The van der Waals surface area contributed by atoms with E-state index in [9.17, 15) is 9.59 Å². The molecule has 0 aliphatic rings. The molecule has 5 nitrogen and oxygen atoms in total. The topological polar surface area (TPSA) is 76.7 Å². The molecule has 98 valence electrons. The van der Waals surface area contributed by atoms with E-state index in [0.717, 1.165) is 0 Å². The quantitative estimate of drug-likeness (QED) is 0.852. The van der Waals surface area contributed by atoms with E-state index < -0.39 is 18.4 Å². The number of aliphatic carboxylic acids is 1. The predicted molar refractivity (Wildman–Crippen MR) is 66.7 cm³/mol. The van der Waals surface area contributed by atoms with Crippen molar-refractivity contribution in [2.45, 2.75) is 0 Å². The number of ether oxygens (including phenoxy) is 1. The summed E-state index contributed by atoms with van der Waals surface area (Å²) in [5.41, 5.74) is 0.156. The molecule has 6 heteroatoms. The molecule has 0 aliphatic heterocycles. The van der Waals surface area contributed by atoms with Gasteiger partial charge in [0, 0.05) is 5.02 Å². The van der Waals surface area contributed by atoms with Crippen LogP contribution < -0.4 is 4.74 Å². The predicted octanol–water partition coefficient (Wildman–Crippen LogP) is 2.63. The zero-order valence-electron chi connectivity index (χ0n) is 9.63. The van der Waals surface area contributed by atoms with Crippen LogP contribution in [0.1, 0.15) is 16.1 Å². The third-order valence-electron chi connectivity index (χ3n) is 2.28. The highest BCUT2D eigenvalue weighted by Gasteiger charge is 2.18. The van der Waals surface area contributed by atoms with Crippen LogP contribution in [0.2, 0.25) is 5.02 Å². The van der Waals surface area contributed by atoms with Gasteiger partial charge in [0.05, 0.1) is 11.8 Å². The Morgan fingerprint density at radius 2 is 2.11 bits per heavy atom. The highest BCUT2D eigenvalue weighted by atomic mass is 35.5. The standard InChI is InChI=1S/C13H9ClO5/c14-8-3-4-10(19-7-12(15)16)9(6-8)13(17)11-2-1-5-18-11/h1-6H,7H2,(H,15,16). The van der Waals surface area contributed by atoms with Gasteiger partial charge >= 0.3 is 5.97 Å². The fraction of sp³-hybridized carbons (Fsp3) is 0.0769. The van der Waals surface area contributed by atoms with Crippen molar-refractivity contribution in [3.8, 4) is 5.75 Å². The molecule has 0 fully saturated rings. The lowest BCUT2D eigenvalue weighted by molar-refractivity contribution is -0.139. The highest BCUT2D eigenvalue weighted by Crippen LogP contribution is 2.25. The van der Waals surface area contributed by atoms with Crippen molar-refractivity contribution in [1.82, 2.24) is 0 Å². The lowest BCUT2D eigenvalue weighted by atomic mass is 10.1. The van der Waals surface area contributed by atoms with E-state index in [1.165, 1.54) is 30.5 Å². The number of furan rings is 1. The Bertz CT molecular complexity index is 604. The molecule has 1 heterocycles. The van der Waals surface area contributed by atoms with Crippen molar-refractivity contribution in [2.75, 3.05) is 6.61 Å². The van der Waals surface area contributed by atoms with E-state index in [4.69, 9.17) is 25.9 Å². The second-order valence-electron chi connectivity index (χ2n) is 3.63. The van der Waals surface area contributed by atoms with E-state index in [1.54, 1.807) is 6.07 Å². The normalized spacial score (nSPS) is 10.2. The molecule has 0 bridgehead atoms. The monoisotopic (exact) mass is 280 g/mol. The number of carboxylic acids is 1. The summed E-state index contributed by atoms with van der Waals surface area (Å²) < 4.78 is 10.1. The molecule has 2 rings (SSSR count). The number of carboxylic acid groups (broad SMARTS) is 1. The summed E-state index contributed by atoms with van der Waals surface area (Å²) in [5.74, 6) is -1.28. The summed E-state index contributed by atoms with van der Waals surface area (Å²) in [5, 5.41) is 8.93. The van der Waals surface area contributed by atoms with E-state index in [2.05, 4.69) is 0 Å². The smallest absolute Gasteiger partial charge is 0.341 e. The number of rotatable bonds is 5. The number of carbonyl (C=O) groups is 2. The summed E-state index contributed by atoms with van der Waals surface area (Å²) in [4.78, 5) is 22.6. The van der Waals surface area contributed by atoms with Crippen LogP contribution in [0.3, 0.4) is 0 Å². The molecule has 1 aromatic heterocycles. The fourth-order valence-corrected chi connectivity index (χ4v) is 1.66. The highest BCUT2D eigenvalue weighted by molar-refractivity contribution is 6.31. The number of halogens is 1. The molecule has 19 heavy (non-hydrogen) atoms. The lowest BCUT2D eigenvalue weighted by Crippen LogP contribution is -2.12. The SMILES string of the molecule is O=C(O)COc1ccc(Cl)cc1C(=O)c1ccco1. The summed E-state index contributed by atoms with van der Waals surface area (Å²) in [6.45, 7) is -0.542. The van der Waals surface area contributed by atoms with Gasteiger partial charge in [0.15, 0.2) is 12.4 Å². The number of hydrogen-bond donors (Lipinski definition) is 1. The minimum Gasteiger partial charge on any atom is -0.481 e. The maximum Gasteiger partial charge on any atom is 0.341 e. The van der Waals surface area contributed by atoms with Crippen LogP contribution >= 0.6 is 11.6 Å². The molecule has 2 aromatic rings. The van der Waals surface area contributed by atoms with Gasteiger partial charge in [0.25, 0.3) is 0 Å². The molecular formula is C13H9ClO5. The van der Waals surface area contributed by atoms with Crippen LogP contribution in [0, 0.1) is 0 Å². The van der Waals surface area contributed by atoms with Crippen molar-refractivity contribution >= 4 is 23.4 Å². The Labute approximate surface area is 113 Å². The van der Waals surface area contributed by atoms with Crippen LogP contribution in [-0.2, 0) is 4.79 Å². The molecule has 0 saturated heterocycles. The largest absolute Gasteiger partial charge is 0.481 e. The number of hydrogen-bond acceptors (Lipinski definition) is 4. The Morgan fingerprint density at radius 1 is 1.32 bits per heavy atom. The van der Waals surface area contributed by atoms with Gasteiger partial charge in [-0.3, -0.25) is 4.79 Å². The van der Waals surface area contributed by atoms with E-state index in [-0.39, 0.29) is 17.1 Å². The molecule has 0 spiro atoms. The van der Waals surface area contributed by atoms with Crippen LogP contribution in [0.15, 0.2) is 41.0 Å². The molecule has 1 N–H and O–H groups in total. The van der Waals surface area contributed by atoms with Crippen molar-refractivity contribution in [1.29, 1.82) is 0 Å². The molecule has 1 aromatic carbocycles. The van der Waals surface area contributed by atoms with E-state index in [0.29, 0.717) is 5.02 Å². The van der Waals surface area contributed by atoms with Gasteiger partial charge in [-0.15, -0.1) is 0 Å². The lowest BCUT2D eigenvalue weighted by Gasteiger charge is -2.08. The minimum absolute atomic E-state index is 0.127. The fourth-order valence-electron chi connectivity index (χ4n) is 1.49. The van der Waals surface area contributed by atoms with Crippen molar-refractivity contribution in [2.24, 2.45) is 0 Å². The van der Waals surface area contributed by atoms with Crippen LogP contribution in [0.4, 0.5) is 0 Å². The molecule has 0 atom stereocenters. The average molecular weight is 281 g/mol. The second kappa shape index (κ2) is 5.58. The summed E-state index contributed by atoms with van der Waals surface area (Å²) in [6.07, 6.45) is 1.37. The number of benzene rings is 1. The maximum atomic E-state index is 12.1. The first-order valence-electron chi connectivity index (χ1n) is 5.30. The van der Waals surface area contributed by atoms with Gasteiger partial charge in [0.2, 0.25) is 5.78 Å². The van der Waals surface area contributed by atoms with Gasteiger partial charge in [0.1, 0.15) is 5.75 Å². The van der Waals surface area contributed by atoms with Gasteiger partial charge in [-0.2, -0.15) is 0 Å². The zero-order chi connectivity index (χ0) is 13.8. The first-order valence-corrected chi connectivity index (χ1v) is 5.68. The number of carbonyl (C=O) groups excluding carboxylic acids is 1. The van der Waals surface area contributed by atoms with Crippen molar-refractivity contribution < 1.29 is 23.8 Å². The minimum atomic E-state index is -1.13. The Morgan fingerprint density at radius 3 is 2.74 bits per heavy atom. The van der Waals surface area contributed by atoms with Gasteiger partial charge < -0.3 is 14.3 Å². The molecule has 0 aliphatic carbocycles. The molecular weight excluding hydrogens is 272 g/mol. The summed E-state index contributed by atoms with van der Waals surface area (Å²) in [7, 11) is 0. The first kappa shape index (κ1) is 13.2. The van der Waals surface area contributed by atoms with E-state index in [1.807, 2.05) is 0 Å². The van der Waals surface area contributed by atoms with E-state index >= 15 is 0 Å². The van der Waals surface area contributed by atoms with Crippen molar-refractivity contribution in [3.05, 3.63) is 52.9 Å². The Hall–Kier alpha value is -2.27. The third-order valence-corrected chi connectivity index (χ3v) is 2.52. The zero-order valence-corrected chi connectivity index (χ0v) is 10.4. The van der Waals surface area contributed by atoms with Crippen LogP contribution in [0.5, 0.6) is 5.75 Å². The Balaban J connectivity index is 2.34. The van der Waals surface area contributed by atoms with Crippen molar-refractivity contribution in [3.63, 3.8) is 0 Å². The van der Waals surface area contributed by atoms with Gasteiger partial charge in [-0.05, 0) is 30.3 Å². The van der Waals surface area contributed by atoms with Crippen LogP contribution in [-0.4, -0.2) is 23.5 Å².